The molecule has 0 bridgehead atoms. The molecule has 0 unspecified atom stereocenters. The molecule has 3 aromatic heterocycles. The highest BCUT2D eigenvalue weighted by atomic mass is 19.1. The van der Waals surface area contributed by atoms with E-state index in [1.165, 1.54) is 42.3 Å². The molecule has 0 aliphatic carbocycles. The van der Waals surface area contributed by atoms with Gasteiger partial charge in [0.1, 0.15) is 41.3 Å². The maximum Gasteiger partial charge on any atom is 0.268 e. The minimum atomic E-state index is -0.641. The number of ether oxygens (including phenoxy) is 2. The maximum atomic E-state index is 14.1. The summed E-state index contributed by atoms with van der Waals surface area (Å²) in [5.74, 6) is 0.103. The Labute approximate surface area is 205 Å². The van der Waals surface area contributed by atoms with Gasteiger partial charge in [0, 0.05) is 32.0 Å². The van der Waals surface area contributed by atoms with Gasteiger partial charge < -0.3 is 22.9 Å². The van der Waals surface area contributed by atoms with Crippen molar-refractivity contribution in [1.82, 2.24) is 9.55 Å². The minimum Gasteiger partial charge on any atom is -0.486 e. The Morgan fingerprint density at radius 3 is 2.83 bits per heavy atom. The summed E-state index contributed by atoms with van der Waals surface area (Å²) in [7, 11) is 1.53. The Morgan fingerprint density at radius 2 is 2.11 bits per heavy atom. The van der Waals surface area contributed by atoms with Crippen molar-refractivity contribution < 1.29 is 27.5 Å². The third kappa shape index (κ3) is 5.26. The molecule has 0 saturated carbocycles. The first-order valence-corrected chi connectivity index (χ1v) is 11.0. The molecule has 0 spiro atoms. The first kappa shape index (κ1) is 24.6. The number of rotatable bonds is 10. The quantitative estimate of drug-likeness (QED) is 0.238. The third-order valence-electron chi connectivity index (χ3n) is 5.39. The third-order valence-corrected chi connectivity index (χ3v) is 5.39. The Morgan fingerprint density at radius 1 is 1.28 bits per heavy atom. The van der Waals surface area contributed by atoms with Crippen molar-refractivity contribution >= 4 is 5.78 Å². The van der Waals surface area contributed by atoms with Crippen LogP contribution in [0, 0.1) is 24.1 Å². The monoisotopic (exact) mass is 491 g/mol. The summed E-state index contributed by atoms with van der Waals surface area (Å²) < 4.78 is 37.2. The van der Waals surface area contributed by atoms with Crippen LogP contribution in [0.4, 0.5) is 4.39 Å². The second kappa shape index (κ2) is 10.8. The van der Waals surface area contributed by atoms with Crippen molar-refractivity contribution in [2.75, 3.05) is 13.7 Å². The normalized spacial score (nSPS) is 10.8. The van der Waals surface area contributed by atoms with E-state index in [9.17, 15) is 19.2 Å². The molecule has 4 rings (SSSR count). The van der Waals surface area contributed by atoms with Crippen molar-refractivity contribution in [3.63, 3.8) is 0 Å². The Balaban J connectivity index is 1.62. The predicted octanol–water partition coefficient (Wildman–Crippen LogP) is 4.26. The van der Waals surface area contributed by atoms with Gasteiger partial charge in [-0.05, 0) is 49.7 Å². The average molecular weight is 491 g/mol. The van der Waals surface area contributed by atoms with Crippen LogP contribution in [0.15, 0.2) is 62.5 Å². The molecule has 0 atom stereocenters. The number of hydrogen-bond acceptors (Lipinski definition) is 8. The number of carbonyl (C=O) groups is 1. The van der Waals surface area contributed by atoms with Gasteiger partial charge in [0.05, 0.1) is 11.8 Å². The number of methoxy groups -OCH3 is 1. The molecule has 184 valence electrons. The SMILES string of the molecule is COCCCn1cc(C(=O)c2cc(F)ccc2OCc2nc(-c3ccco3)oc2C)cc(C#N)c1=O. The van der Waals surface area contributed by atoms with Crippen molar-refractivity contribution in [1.29, 1.82) is 5.26 Å². The lowest BCUT2D eigenvalue weighted by Crippen LogP contribution is -2.24. The fourth-order valence-electron chi connectivity index (χ4n) is 3.56. The number of hydrogen-bond donors (Lipinski definition) is 0. The zero-order valence-electron chi connectivity index (χ0n) is 19.6. The van der Waals surface area contributed by atoms with E-state index in [0.717, 1.165) is 6.07 Å². The van der Waals surface area contributed by atoms with E-state index in [4.69, 9.17) is 18.3 Å². The molecular formula is C26H22FN3O6. The molecule has 0 aliphatic rings. The molecule has 4 aromatic rings. The second-order valence-electron chi connectivity index (χ2n) is 7.86. The number of oxazole rings is 1. The number of nitrogens with zero attached hydrogens (tertiary/aromatic N) is 3. The van der Waals surface area contributed by atoms with Crippen molar-refractivity contribution in [2.45, 2.75) is 26.5 Å². The molecule has 10 heteroatoms. The summed E-state index contributed by atoms with van der Waals surface area (Å²) in [4.78, 5) is 30.2. The predicted molar refractivity (Wildman–Crippen MR) is 125 cm³/mol. The number of aromatic nitrogens is 2. The van der Waals surface area contributed by atoms with Crippen molar-refractivity contribution in [2.24, 2.45) is 0 Å². The summed E-state index contributed by atoms with van der Waals surface area (Å²) >= 11 is 0. The summed E-state index contributed by atoms with van der Waals surface area (Å²) in [6.45, 7) is 2.31. The molecule has 0 aliphatic heterocycles. The molecule has 0 fully saturated rings. The van der Waals surface area contributed by atoms with Gasteiger partial charge >= 0.3 is 0 Å². The molecule has 1 aromatic carbocycles. The standard InChI is InChI=1S/C26H22FN3O6/c1-16-21(29-25(36-16)23-5-3-10-34-23)15-35-22-7-6-19(27)12-20(22)24(31)18-11-17(13-28)26(32)30(14-18)8-4-9-33-2/h3,5-7,10-12,14H,4,8-9,15H2,1-2H3. The number of carbonyl (C=O) groups excluding carboxylic acids is 1. The lowest BCUT2D eigenvalue weighted by atomic mass is 10.0. The highest BCUT2D eigenvalue weighted by molar-refractivity contribution is 6.10. The van der Waals surface area contributed by atoms with Crippen LogP contribution in [0.25, 0.3) is 11.7 Å². The van der Waals surface area contributed by atoms with Crippen LogP contribution < -0.4 is 10.3 Å². The fraction of sp³-hybridized carbons (Fsp3) is 0.231. The zero-order valence-corrected chi connectivity index (χ0v) is 19.6. The summed E-state index contributed by atoms with van der Waals surface area (Å²) in [6.07, 6.45) is 3.36. The van der Waals surface area contributed by atoms with Gasteiger partial charge in [0.2, 0.25) is 0 Å². The molecule has 0 saturated heterocycles. The highest BCUT2D eigenvalue weighted by Gasteiger charge is 2.20. The number of ketones is 1. The van der Waals surface area contributed by atoms with Gasteiger partial charge in [0.25, 0.3) is 11.4 Å². The van der Waals surface area contributed by atoms with Crippen LogP contribution in [0.2, 0.25) is 0 Å². The fourth-order valence-corrected chi connectivity index (χ4v) is 3.56. The molecule has 0 amide bonds. The van der Waals surface area contributed by atoms with E-state index in [1.807, 2.05) is 6.07 Å². The number of pyridine rings is 1. The Hall–Kier alpha value is -4.49. The van der Waals surface area contributed by atoms with E-state index >= 15 is 0 Å². The van der Waals surface area contributed by atoms with Crippen LogP contribution in [0.1, 0.15) is 39.4 Å². The second-order valence-corrected chi connectivity index (χ2v) is 7.86. The number of halogens is 1. The Bertz CT molecular complexity index is 1480. The van der Waals surface area contributed by atoms with Crippen LogP contribution in [-0.4, -0.2) is 29.1 Å². The molecule has 3 heterocycles. The average Bonchev–Trinajstić information content (AvgIpc) is 3.54. The topological polar surface area (TPSA) is 120 Å². The molecule has 36 heavy (non-hydrogen) atoms. The van der Waals surface area contributed by atoms with Gasteiger partial charge in [-0.2, -0.15) is 5.26 Å². The Kier molecular flexibility index (Phi) is 7.42. The molecule has 9 nitrogen and oxygen atoms in total. The summed E-state index contributed by atoms with van der Waals surface area (Å²) in [5, 5.41) is 9.39. The molecular weight excluding hydrogens is 469 g/mol. The summed E-state index contributed by atoms with van der Waals surface area (Å²) in [5.41, 5.74) is -0.247. The molecule has 0 radical (unpaired) electrons. The first-order valence-electron chi connectivity index (χ1n) is 11.0. The highest BCUT2D eigenvalue weighted by Crippen LogP contribution is 2.26. The van der Waals surface area contributed by atoms with Gasteiger partial charge in [-0.25, -0.2) is 9.37 Å². The first-order chi connectivity index (χ1) is 17.4. The summed E-state index contributed by atoms with van der Waals surface area (Å²) in [6, 6.07) is 9.99. The van der Waals surface area contributed by atoms with E-state index in [0.29, 0.717) is 30.2 Å². The van der Waals surface area contributed by atoms with Crippen molar-refractivity contribution in [3.05, 3.63) is 93.2 Å². The lowest BCUT2D eigenvalue weighted by molar-refractivity contribution is 0.103. The van der Waals surface area contributed by atoms with Crippen LogP contribution in [0.3, 0.4) is 0 Å². The number of nitriles is 1. The van der Waals surface area contributed by atoms with E-state index in [-0.39, 0.29) is 41.5 Å². The van der Waals surface area contributed by atoms with Crippen LogP contribution in [-0.2, 0) is 17.9 Å². The maximum absolute atomic E-state index is 14.1. The molecule has 0 N–H and O–H groups in total. The lowest BCUT2D eigenvalue weighted by Gasteiger charge is -2.12. The van der Waals surface area contributed by atoms with Crippen molar-refractivity contribution in [3.8, 4) is 23.5 Å². The number of furan rings is 1. The minimum absolute atomic E-state index is 0.0525. The van der Waals surface area contributed by atoms with Crippen LogP contribution >= 0.6 is 0 Å². The zero-order chi connectivity index (χ0) is 25.7. The smallest absolute Gasteiger partial charge is 0.268 e. The van der Waals surface area contributed by atoms with E-state index < -0.39 is 17.2 Å². The van der Waals surface area contributed by atoms with Gasteiger partial charge in [0.15, 0.2) is 11.5 Å². The van der Waals surface area contributed by atoms with Gasteiger partial charge in [-0.3, -0.25) is 9.59 Å². The van der Waals surface area contributed by atoms with E-state index in [1.54, 1.807) is 19.1 Å². The number of aryl methyl sites for hydroxylation is 2. The van der Waals surface area contributed by atoms with E-state index in [2.05, 4.69) is 4.98 Å². The number of benzene rings is 1. The van der Waals surface area contributed by atoms with Gasteiger partial charge in [-0.1, -0.05) is 0 Å². The largest absolute Gasteiger partial charge is 0.486 e. The van der Waals surface area contributed by atoms with Gasteiger partial charge in [-0.15, -0.1) is 0 Å². The van der Waals surface area contributed by atoms with Crippen LogP contribution in [0.5, 0.6) is 5.75 Å².